The molecule has 1 aliphatic rings. The third-order valence-electron chi connectivity index (χ3n) is 17.7. The molecule has 83 heavy (non-hydrogen) atoms. The number of carbonyl (C=O) groups is 1. The average Bonchev–Trinajstić information content (AvgIpc) is 3.68. The van der Waals surface area contributed by atoms with Crippen LogP contribution in [0, 0.1) is 0 Å². The van der Waals surface area contributed by atoms with Crippen molar-refractivity contribution in [1.29, 1.82) is 0 Å². The van der Waals surface area contributed by atoms with Crippen LogP contribution >= 0.6 is 0 Å². The van der Waals surface area contributed by atoms with Crippen molar-refractivity contribution in [2.45, 2.75) is 416 Å². The second kappa shape index (κ2) is 60.9. The lowest BCUT2D eigenvalue weighted by molar-refractivity contribution is -0.303. The van der Waals surface area contributed by atoms with Gasteiger partial charge in [0.05, 0.1) is 25.4 Å². The number of unbranched alkanes of at least 4 members (excludes halogenated alkanes) is 48. The molecule has 1 aliphatic heterocycles. The fourth-order valence-electron chi connectivity index (χ4n) is 11.9. The summed E-state index contributed by atoms with van der Waals surface area (Å²) in [6.07, 6.45) is 65.6. The normalized spacial score (nSPS) is 19.1. The zero-order valence-electron chi connectivity index (χ0n) is 54.5. The van der Waals surface area contributed by atoms with E-state index in [0.717, 1.165) is 38.5 Å². The molecule has 9 unspecified atom stereocenters. The number of aliphatic hydroxyl groups excluding tert-OH is 7. The van der Waals surface area contributed by atoms with Crippen LogP contribution in [0.5, 0.6) is 0 Å². The van der Waals surface area contributed by atoms with Crippen LogP contribution in [0.15, 0.2) is 24.3 Å². The molecular formula is C72H139NO10. The van der Waals surface area contributed by atoms with Crippen molar-refractivity contribution in [3.05, 3.63) is 24.3 Å². The second-order valence-corrected chi connectivity index (χ2v) is 25.7. The van der Waals surface area contributed by atoms with Crippen LogP contribution in [0.25, 0.3) is 0 Å². The first kappa shape index (κ1) is 79.6. The zero-order valence-corrected chi connectivity index (χ0v) is 54.5. The van der Waals surface area contributed by atoms with E-state index >= 15 is 0 Å². The first-order valence-corrected chi connectivity index (χ1v) is 36.2. The molecule has 1 amide bonds. The number of ether oxygens (including phenoxy) is 2. The van der Waals surface area contributed by atoms with Gasteiger partial charge in [0.25, 0.3) is 0 Å². The van der Waals surface area contributed by atoms with Crippen LogP contribution in [-0.4, -0.2) is 110 Å². The van der Waals surface area contributed by atoms with Gasteiger partial charge in [0, 0.05) is 0 Å². The number of carbonyl (C=O) groups excluding carboxylic acids is 1. The van der Waals surface area contributed by atoms with Gasteiger partial charge in [-0.05, 0) is 51.4 Å². The molecule has 9 atom stereocenters. The maximum atomic E-state index is 13.3. The summed E-state index contributed by atoms with van der Waals surface area (Å²) in [6.45, 7) is 3.50. The lowest BCUT2D eigenvalue weighted by Crippen LogP contribution is -2.60. The Morgan fingerprint density at radius 3 is 1.07 bits per heavy atom. The summed E-state index contributed by atoms with van der Waals surface area (Å²) in [6, 6.07) is -1.19. The smallest absolute Gasteiger partial charge is 0.249 e. The maximum absolute atomic E-state index is 13.3. The fourth-order valence-corrected chi connectivity index (χ4v) is 11.9. The lowest BCUT2D eigenvalue weighted by atomic mass is 9.98. The molecule has 1 saturated heterocycles. The number of nitrogens with one attached hydrogen (secondary N) is 1. The minimum atomic E-state index is -1.67. The van der Waals surface area contributed by atoms with Crippen molar-refractivity contribution in [2.75, 3.05) is 13.2 Å². The number of amides is 1. The van der Waals surface area contributed by atoms with E-state index < -0.39 is 74.2 Å². The largest absolute Gasteiger partial charge is 0.394 e. The van der Waals surface area contributed by atoms with Crippen molar-refractivity contribution in [2.24, 2.45) is 0 Å². The molecule has 1 rings (SSSR count). The van der Waals surface area contributed by atoms with Crippen LogP contribution in [0.1, 0.15) is 361 Å². The molecule has 0 radical (unpaired) electrons. The van der Waals surface area contributed by atoms with Crippen LogP contribution in [-0.2, 0) is 14.3 Å². The van der Waals surface area contributed by atoms with Gasteiger partial charge in [0.2, 0.25) is 5.91 Å². The highest BCUT2D eigenvalue weighted by atomic mass is 16.7. The Labute approximate surface area is 512 Å². The minimum Gasteiger partial charge on any atom is -0.394 e. The van der Waals surface area contributed by atoms with Gasteiger partial charge in [0.1, 0.15) is 36.6 Å². The van der Waals surface area contributed by atoms with E-state index in [1.165, 1.54) is 276 Å². The summed E-state index contributed by atoms with van der Waals surface area (Å²) in [5.41, 5.74) is 0. The van der Waals surface area contributed by atoms with Crippen LogP contribution < -0.4 is 5.32 Å². The van der Waals surface area contributed by atoms with E-state index in [2.05, 4.69) is 43.5 Å². The summed E-state index contributed by atoms with van der Waals surface area (Å²) in [4.78, 5) is 13.3. The Morgan fingerprint density at radius 2 is 0.723 bits per heavy atom. The summed E-state index contributed by atoms with van der Waals surface area (Å²) in [7, 11) is 0. The Kier molecular flexibility index (Phi) is 58.4. The molecule has 0 bridgehead atoms. The molecule has 0 aromatic rings. The molecule has 0 spiro atoms. The summed E-state index contributed by atoms with van der Waals surface area (Å²) < 4.78 is 11.2. The number of hydrogen-bond acceptors (Lipinski definition) is 10. The maximum Gasteiger partial charge on any atom is 0.249 e. The molecule has 1 fully saturated rings. The predicted molar refractivity (Wildman–Crippen MR) is 349 cm³/mol. The number of hydrogen-bond donors (Lipinski definition) is 8. The molecule has 0 aromatic heterocycles. The predicted octanol–water partition coefficient (Wildman–Crippen LogP) is 17.6. The Hall–Kier alpha value is -1.41. The third kappa shape index (κ3) is 48.2. The van der Waals surface area contributed by atoms with Gasteiger partial charge in [0.15, 0.2) is 6.29 Å². The van der Waals surface area contributed by atoms with Gasteiger partial charge in [-0.2, -0.15) is 0 Å². The van der Waals surface area contributed by atoms with Gasteiger partial charge in [-0.25, -0.2) is 0 Å². The number of allylic oxidation sites excluding steroid dienone is 4. The second-order valence-electron chi connectivity index (χ2n) is 25.7. The van der Waals surface area contributed by atoms with E-state index in [1.807, 2.05) is 0 Å². The lowest BCUT2D eigenvalue weighted by Gasteiger charge is -2.40. The quantitative estimate of drug-likeness (QED) is 0.0215. The first-order valence-electron chi connectivity index (χ1n) is 36.2. The third-order valence-corrected chi connectivity index (χ3v) is 17.7. The number of rotatable bonds is 64. The van der Waals surface area contributed by atoms with Gasteiger partial charge in [-0.3, -0.25) is 4.79 Å². The fraction of sp³-hybridized carbons (Fsp3) is 0.931. The van der Waals surface area contributed by atoms with Gasteiger partial charge in [-0.1, -0.05) is 334 Å². The van der Waals surface area contributed by atoms with E-state index in [0.29, 0.717) is 19.3 Å². The average molecular weight is 1180 g/mol. The van der Waals surface area contributed by atoms with Crippen molar-refractivity contribution in [3.63, 3.8) is 0 Å². The highest BCUT2D eigenvalue weighted by Gasteiger charge is 2.44. The highest BCUT2D eigenvalue weighted by molar-refractivity contribution is 5.80. The summed E-state index contributed by atoms with van der Waals surface area (Å²) in [5, 5.41) is 76.5. The van der Waals surface area contributed by atoms with Crippen molar-refractivity contribution >= 4 is 5.91 Å². The van der Waals surface area contributed by atoms with Crippen molar-refractivity contribution < 1.29 is 50.0 Å². The number of aliphatic hydroxyl groups is 7. The van der Waals surface area contributed by atoms with Gasteiger partial charge in [-0.15, -0.1) is 0 Å². The molecule has 11 nitrogen and oxygen atoms in total. The highest BCUT2D eigenvalue weighted by Crippen LogP contribution is 2.24. The SMILES string of the molecule is CCCCCCCCCCCCCCCCCCCCCCC/C=C/CC/C=C/CCCC(O)C(O)C(COC1OC(CO)C(O)C(O)C1O)NC(=O)C(O)CCCCCCCCCCCCCCCCCCCCCCCCCCCC. The Bertz CT molecular complexity index is 1400. The molecular weight excluding hydrogens is 1040 g/mol. The van der Waals surface area contributed by atoms with Gasteiger partial charge >= 0.3 is 0 Å². The molecule has 0 aliphatic carbocycles. The van der Waals surface area contributed by atoms with E-state index in [1.54, 1.807) is 0 Å². The van der Waals surface area contributed by atoms with Gasteiger partial charge < -0.3 is 50.5 Å². The van der Waals surface area contributed by atoms with Crippen molar-refractivity contribution in [3.8, 4) is 0 Å². The van der Waals surface area contributed by atoms with E-state index in [-0.39, 0.29) is 12.8 Å². The molecule has 1 heterocycles. The molecule has 492 valence electrons. The van der Waals surface area contributed by atoms with Crippen LogP contribution in [0.2, 0.25) is 0 Å². The Morgan fingerprint density at radius 1 is 0.410 bits per heavy atom. The standard InChI is InChI=1S/C72H139NO10/c1-3-5-7-9-11-13-15-17-19-21-23-25-27-29-31-32-33-34-36-37-39-41-43-45-47-49-51-53-55-57-59-64(75)67(77)63(62-82-72-70(80)69(79)68(78)66(61-74)83-72)73-71(81)65(76)60-58-56-54-52-50-48-46-44-42-40-38-35-30-28-26-24-22-20-18-16-14-12-10-8-6-4-2/h43,45,51,53,63-70,72,74-80H,3-42,44,46-50,52,54-62H2,1-2H3,(H,73,81)/b45-43+,53-51+. The minimum absolute atomic E-state index is 0.249. The van der Waals surface area contributed by atoms with Crippen LogP contribution in [0.4, 0.5) is 0 Å². The molecule has 0 aromatic carbocycles. The van der Waals surface area contributed by atoms with E-state index in [4.69, 9.17) is 9.47 Å². The van der Waals surface area contributed by atoms with E-state index in [9.17, 15) is 40.5 Å². The zero-order chi connectivity index (χ0) is 60.3. The summed E-state index contributed by atoms with van der Waals surface area (Å²) >= 11 is 0. The molecule has 0 saturated carbocycles. The van der Waals surface area contributed by atoms with Crippen molar-refractivity contribution in [1.82, 2.24) is 5.32 Å². The first-order chi connectivity index (χ1) is 40.7. The summed E-state index contributed by atoms with van der Waals surface area (Å²) in [5.74, 6) is -0.703. The molecule has 8 N–H and O–H groups in total. The topological polar surface area (TPSA) is 189 Å². The van der Waals surface area contributed by atoms with Crippen LogP contribution in [0.3, 0.4) is 0 Å². The monoisotopic (exact) mass is 1180 g/mol. The molecule has 11 heteroatoms. The Balaban J connectivity index is 2.21.